The Morgan fingerprint density at radius 1 is 1.16 bits per heavy atom. The number of nitrogens with zero attached hydrogens (tertiary/aromatic N) is 3. The van der Waals surface area contributed by atoms with Gasteiger partial charge in [0.25, 0.3) is 0 Å². The highest BCUT2D eigenvalue weighted by molar-refractivity contribution is 7.18. The van der Waals surface area contributed by atoms with Crippen molar-refractivity contribution in [3.05, 3.63) is 52.0 Å². The molecule has 170 valence electrons. The van der Waals surface area contributed by atoms with E-state index in [4.69, 9.17) is 26.1 Å². The molecule has 1 aliphatic rings. The molecule has 0 N–H and O–H groups in total. The normalized spacial score (nSPS) is 15.1. The number of carbonyl (C=O) groups is 1. The lowest BCUT2D eigenvalue weighted by atomic mass is 9.97. The molecular weight excluding hydrogens is 446 g/mol. The first-order valence-corrected chi connectivity index (χ1v) is 11.9. The highest BCUT2D eigenvalue weighted by Gasteiger charge is 2.25. The average Bonchev–Trinajstić information content (AvgIpc) is 3.22. The maximum Gasteiger partial charge on any atom is 0.236 e. The van der Waals surface area contributed by atoms with E-state index in [1.165, 1.54) is 9.71 Å². The summed E-state index contributed by atoms with van der Waals surface area (Å²) in [5.41, 5.74) is 1.99. The predicted octanol–water partition coefficient (Wildman–Crippen LogP) is 4.80. The minimum absolute atomic E-state index is 0.118. The Kier molecular flexibility index (Phi) is 7.18. The van der Waals surface area contributed by atoms with E-state index in [0.717, 1.165) is 42.0 Å². The van der Waals surface area contributed by atoms with Crippen LogP contribution in [0.25, 0.3) is 10.2 Å². The monoisotopic (exact) mass is 473 g/mol. The summed E-state index contributed by atoms with van der Waals surface area (Å²) < 4.78 is 11.8. The third-order valence-electron chi connectivity index (χ3n) is 5.96. The van der Waals surface area contributed by atoms with Gasteiger partial charge in [0.15, 0.2) is 11.5 Å². The number of likely N-dealkylation sites (tertiary alicyclic amines) is 1. The fourth-order valence-electron chi connectivity index (χ4n) is 4.08. The zero-order valence-electron chi connectivity index (χ0n) is 18.6. The zero-order valence-corrected chi connectivity index (χ0v) is 20.2. The second-order valence-electron chi connectivity index (χ2n) is 8.15. The zero-order chi connectivity index (χ0) is 22.7. The number of rotatable bonds is 7. The molecule has 0 unspecified atom stereocenters. The van der Waals surface area contributed by atoms with Gasteiger partial charge in [0, 0.05) is 24.5 Å². The Morgan fingerprint density at radius 3 is 2.62 bits per heavy atom. The smallest absolute Gasteiger partial charge is 0.236 e. The van der Waals surface area contributed by atoms with Gasteiger partial charge in [-0.3, -0.25) is 9.69 Å². The van der Waals surface area contributed by atoms with E-state index < -0.39 is 0 Å². The van der Waals surface area contributed by atoms with Crippen LogP contribution in [-0.2, 0) is 11.3 Å². The third kappa shape index (κ3) is 5.17. The molecule has 1 fully saturated rings. The van der Waals surface area contributed by atoms with Crippen LogP contribution in [0, 0.1) is 0 Å². The van der Waals surface area contributed by atoms with Gasteiger partial charge in [0.2, 0.25) is 5.91 Å². The second kappa shape index (κ2) is 10.1. The molecule has 1 amide bonds. The molecule has 0 spiro atoms. The molecule has 8 heteroatoms. The van der Waals surface area contributed by atoms with Crippen LogP contribution in [0.5, 0.6) is 11.5 Å². The topological polar surface area (TPSA) is 54.9 Å². The van der Waals surface area contributed by atoms with Crippen molar-refractivity contribution in [2.24, 2.45) is 0 Å². The molecule has 32 heavy (non-hydrogen) atoms. The largest absolute Gasteiger partial charge is 0.493 e. The number of benzene rings is 2. The summed E-state index contributed by atoms with van der Waals surface area (Å²) in [7, 11) is 5.07. The van der Waals surface area contributed by atoms with Crippen molar-refractivity contribution in [1.82, 2.24) is 14.8 Å². The summed E-state index contributed by atoms with van der Waals surface area (Å²) in [6, 6.07) is 11.6. The third-order valence-corrected chi connectivity index (χ3v) is 7.39. The second-order valence-corrected chi connectivity index (χ2v) is 9.65. The fraction of sp³-hybridized carbons (Fsp3) is 0.417. The number of hydrogen-bond acceptors (Lipinski definition) is 6. The number of piperidine rings is 1. The number of ether oxygens (including phenoxy) is 2. The summed E-state index contributed by atoms with van der Waals surface area (Å²) in [6.45, 7) is 2.77. The van der Waals surface area contributed by atoms with E-state index in [1.807, 2.05) is 43.4 Å². The number of halogens is 1. The molecule has 0 aliphatic carbocycles. The Morgan fingerprint density at radius 2 is 1.91 bits per heavy atom. The van der Waals surface area contributed by atoms with Crippen LogP contribution in [0.1, 0.15) is 29.3 Å². The van der Waals surface area contributed by atoms with Gasteiger partial charge in [-0.25, -0.2) is 4.98 Å². The van der Waals surface area contributed by atoms with Gasteiger partial charge in [0.05, 0.1) is 36.0 Å². The number of aromatic nitrogens is 1. The molecule has 0 bridgehead atoms. The van der Waals surface area contributed by atoms with Gasteiger partial charge in [-0.05, 0) is 61.8 Å². The fourth-order valence-corrected chi connectivity index (χ4v) is 5.37. The van der Waals surface area contributed by atoms with Gasteiger partial charge in [0.1, 0.15) is 0 Å². The van der Waals surface area contributed by atoms with Crippen molar-refractivity contribution in [3.8, 4) is 11.5 Å². The quantitative estimate of drug-likeness (QED) is 0.493. The Bertz CT molecular complexity index is 1100. The molecule has 2 heterocycles. The van der Waals surface area contributed by atoms with E-state index in [-0.39, 0.29) is 5.91 Å². The average molecular weight is 474 g/mol. The molecule has 0 saturated carbocycles. The molecule has 2 aromatic carbocycles. The Balaban J connectivity index is 1.30. The SMILES string of the molecule is COc1ccc(CN(C)C(=O)CN2CCC(c3nc4cc(Cl)ccc4s3)CC2)cc1OC. The van der Waals surface area contributed by atoms with Crippen molar-refractivity contribution in [2.45, 2.75) is 25.3 Å². The minimum atomic E-state index is 0.118. The summed E-state index contributed by atoms with van der Waals surface area (Å²) in [4.78, 5) is 21.6. The van der Waals surface area contributed by atoms with Gasteiger partial charge < -0.3 is 14.4 Å². The Hall–Kier alpha value is -2.35. The molecule has 3 aromatic rings. The van der Waals surface area contributed by atoms with Gasteiger partial charge >= 0.3 is 0 Å². The number of hydrogen-bond donors (Lipinski definition) is 0. The van der Waals surface area contributed by atoms with Crippen molar-refractivity contribution >= 4 is 39.1 Å². The number of thiazole rings is 1. The predicted molar refractivity (Wildman–Crippen MR) is 129 cm³/mol. The Labute approximate surface area is 197 Å². The lowest BCUT2D eigenvalue weighted by Crippen LogP contribution is -2.41. The van der Waals surface area contributed by atoms with Crippen molar-refractivity contribution < 1.29 is 14.3 Å². The minimum Gasteiger partial charge on any atom is -0.493 e. The van der Waals surface area contributed by atoms with Crippen LogP contribution in [0.3, 0.4) is 0 Å². The van der Waals surface area contributed by atoms with E-state index in [0.29, 0.717) is 30.5 Å². The van der Waals surface area contributed by atoms with Crippen LogP contribution in [0.15, 0.2) is 36.4 Å². The molecule has 0 atom stereocenters. The van der Waals surface area contributed by atoms with Crippen LogP contribution >= 0.6 is 22.9 Å². The summed E-state index contributed by atoms with van der Waals surface area (Å²) in [6.07, 6.45) is 2.03. The molecule has 1 aliphatic heterocycles. The van der Waals surface area contributed by atoms with E-state index in [9.17, 15) is 4.79 Å². The number of likely N-dealkylation sites (N-methyl/N-ethyl adjacent to an activating group) is 1. The van der Waals surface area contributed by atoms with Crippen molar-refractivity contribution in [1.29, 1.82) is 0 Å². The summed E-state index contributed by atoms with van der Waals surface area (Å²) in [5.74, 6) is 1.92. The lowest BCUT2D eigenvalue weighted by Gasteiger charge is -2.31. The van der Waals surface area contributed by atoms with Crippen LogP contribution in [-0.4, -0.2) is 61.6 Å². The van der Waals surface area contributed by atoms with E-state index >= 15 is 0 Å². The van der Waals surface area contributed by atoms with E-state index in [1.54, 1.807) is 30.5 Å². The first-order chi connectivity index (χ1) is 15.5. The maximum atomic E-state index is 12.8. The molecule has 1 saturated heterocycles. The standard InChI is InChI=1S/C24H28ClN3O3S/c1-27(14-16-4-6-20(30-2)21(12-16)31-3)23(29)15-28-10-8-17(9-11-28)24-26-19-13-18(25)5-7-22(19)32-24/h4-7,12-13,17H,8-11,14-15H2,1-3H3. The first kappa shape index (κ1) is 22.8. The van der Waals surface area contributed by atoms with Crippen molar-refractivity contribution in [2.75, 3.05) is 40.9 Å². The molecule has 4 rings (SSSR count). The molecule has 6 nitrogen and oxygen atoms in total. The molecule has 1 aromatic heterocycles. The van der Waals surface area contributed by atoms with Gasteiger partial charge in [-0.1, -0.05) is 17.7 Å². The maximum absolute atomic E-state index is 12.8. The summed E-state index contributed by atoms with van der Waals surface area (Å²) in [5, 5.41) is 1.90. The highest BCUT2D eigenvalue weighted by Crippen LogP contribution is 2.34. The number of fused-ring (bicyclic) bond motifs is 1. The van der Waals surface area contributed by atoms with Gasteiger partial charge in [-0.2, -0.15) is 0 Å². The number of methoxy groups -OCH3 is 2. The van der Waals surface area contributed by atoms with Gasteiger partial charge in [-0.15, -0.1) is 11.3 Å². The molecular formula is C24H28ClN3O3S. The molecule has 0 radical (unpaired) electrons. The van der Waals surface area contributed by atoms with Crippen LogP contribution in [0.2, 0.25) is 5.02 Å². The van der Waals surface area contributed by atoms with Crippen LogP contribution < -0.4 is 9.47 Å². The summed E-state index contributed by atoms with van der Waals surface area (Å²) >= 11 is 7.85. The number of carbonyl (C=O) groups excluding carboxylic acids is 1. The highest BCUT2D eigenvalue weighted by atomic mass is 35.5. The van der Waals surface area contributed by atoms with Crippen molar-refractivity contribution in [3.63, 3.8) is 0 Å². The lowest BCUT2D eigenvalue weighted by molar-refractivity contribution is -0.131. The van der Waals surface area contributed by atoms with E-state index in [2.05, 4.69) is 4.90 Å². The first-order valence-electron chi connectivity index (χ1n) is 10.7. The number of amides is 1. The van der Waals surface area contributed by atoms with Crippen LogP contribution in [0.4, 0.5) is 0 Å².